The van der Waals surface area contributed by atoms with E-state index in [2.05, 4.69) is 0 Å². The lowest BCUT2D eigenvalue weighted by atomic mass is 9.83. The average molecular weight is 253 g/mol. The van der Waals surface area contributed by atoms with Crippen LogP contribution >= 0.6 is 11.6 Å². The number of amides is 1. The summed E-state index contributed by atoms with van der Waals surface area (Å²) in [4.78, 5) is 24.7. The number of hydrogen-bond acceptors (Lipinski definition) is 2. The number of fused-ring (bicyclic) bond motifs is 4. The number of rotatable bonds is 0. The molecule has 0 saturated carbocycles. The summed E-state index contributed by atoms with van der Waals surface area (Å²) in [6.45, 7) is 1.99. The van der Waals surface area contributed by atoms with Crippen LogP contribution in [-0.2, 0) is 6.54 Å². The maximum absolute atomic E-state index is 11.8. The van der Waals surface area contributed by atoms with Crippen LogP contribution in [0.3, 0.4) is 0 Å². The van der Waals surface area contributed by atoms with Crippen molar-refractivity contribution < 1.29 is 4.79 Å². The van der Waals surface area contributed by atoms with Crippen molar-refractivity contribution >= 4 is 17.0 Å². The van der Waals surface area contributed by atoms with E-state index in [4.69, 9.17) is 11.6 Å². The molecule has 2 atom stereocenters. The lowest BCUT2D eigenvalue weighted by Crippen LogP contribution is -2.47. The van der Waals surface area contributed by atoms with E-state index in [1.54, 1.807) is 17.0 Å². The van der Waals surface area contributed by atoms with Gasteiger partial charge in [0.2, 0.25) is 0 Å². The number of carbonyl (C=O) groups excluding carboxylic acids is 1. The number of nitrogens with zero attached hydrogens (tertiary/aromatic N) is 2. The van der Waals surface area contributed by atoms with Crippen LogP contribution in [0.2, 0.25) is 0 Å². The van der Waals surface area contributed by atoms with Gasteiger partial charge in [0.25, 0.3) is 5.56 Å². The number of halogens is 1. The molecule has 0 N–H and O–H groups in total. The molecule has 4 nitrogen and oxygen atoms in total. The van der Waals surface area contributed by atoms with Crippen LogP contribution in [0.1, 0.15) is 18.0 Å². The highest BCUT2D eigenvalue weighted by molar-refractivity contribution is 6.62. The maximum atomic E-state index is 11.8. The van der Waals surface area contributed by atoms with Crippen LogP contribution in [0.15, 0.2) is 23.0 Å². The molecule has 1 aromatic heterocycles. The van der Waals surface area contributed by atoms with Gasteiger partial charge in [-0.2, -0.15) is 0 Å². The highest BCUT2D eigenvalue weighted by Crippen LogP contribution is 2.35. The van der Waals surface area contributed by atoms with Crippen LogP contribution in [0.5, 0.6) is 0 Å². The molecule has 3 heterocycles. The van der Waals surface area contributed by atoms with Gasteiger partial charge >= 0.3 is 5.37 Å². The van der Waals surface area contributed by atoms with Gasteiger partial charge in [-0.15, -0.1) is 0 Å². The predicted molar refractivity (Wildman–Crippen MR) is 64.4 cm³/mol. The van der Waals surface area contributed by atoms with Crippen LogP contribution in [0, 0.1) is 5.92 Å². The summed E-state index contributed by atoms with van der Waals surface area (Å²) in [6.07, 6.45) is 1.05. The van der Waals surface area contributed by atoms with Crippen LogP contribution in [0.25, 0.3) is 0 Å². The molecule has 0 aromatic carbocycles. The minimum absolute atomic E-state index is 0.0582. The maximum Gasteiger partial charge on any atom is 0.316 e. The molecule has 0 unspecified atom stereocenters. The van der Waals surface area contributed by atoms with Gasteiger partial charge < -0.3 is 9.47 Å². The van der Waals surface area contributed by atoms with E-state index in [0.29, 0.717) is 25.6 Å². The van der Waals surface area contributed by atoms with Crippen molar-refractivity contribution in [2.45, 2.75) is 18.9 Å². The first kappa shape index (κ1) is 10.8. The van der Waals surface area contributed by atoms with Gasteiger partial charge in [0.15, 0.2) is 0 Å². The Labute approximate surface area is 104 Å². The van der Waals surface area contributed by atoms with Crippen molar-refractivity contribution in [1.29, 1.82) is 0 Å². The number of piperidine rings is 1. The monoisotopic (exact) mass is 252 g/mol. The van der Waals surface area contributed by atoms with Crippen molar-refractivity contribution in [3.8, 4) is 0 Å². The summed E-state index contributed by atoms with van der Waals surface area (Å²) in [5, 5.41) is -0.383. The largest absolute Gasteiger partial charge is 0.328 e. The van der Waals surface area contributed by atoms with E-state index in [9.17, 15) is 9.59 Å². The second-order valence-corrected chi connectivity index (χ2v) is 5.18. The lowest BCUT2D eigenvalue weighted by molar-refractivity contribution is 0.146. The average Bonchev–Trinajstić information content (AvgIpc) is 2.30. The Morgan fingerprint density at radius 3 is 2.88 bits per heavy atom. The molecular formula is C12H13ClN2O2. The predicted octanol–water partition coefficient (Wildman–Crippen LogP) is 1.63. The molecule has 2 bridgehead atoms. The van der Waals surface area contributed by atoms with E-state index in [1.807, 2.05) is 10.6 Å². The Hall–Kier alpha value is -1.29. The number of aromatic nitrogens is 1. The standard InChI is InChI=1S/C12H13ClN2O2/c13-12(17)14-5-8-4-9(7-14)10-2-1-3-11(16)15(10)6-8/h1-3,8-9H,4-7H2/t8-,9+/m0/s1. The smallest absolute Gasteiger partial charge is 0.316 e. The van der Waals surface area contributed by atoms with Gasteiger partial charge in [-0.25, -0.2) is 0 Å². The summed E-state index contributed by atoms with van der Waals surface area (Å²) in [7, 11) is 0. The third kappa shape index (κ3) is 1.76. The molecule has 17 heavy (non-hydrogen) atoms. The topological polar surface area (TPSA) is 42.3 Å². The highest BCUT2D eigenvalue weighted by Gasteiger charge is 2.35. The van der Waals surface area contributed by atoms with Crippen molar-refractivity contribution in [3.05, 3.63) is 34.2 Å². The molecule has 2 aliphatic heterocycles. The first-order chi connectivity index (χ1) is 8.15. The zero-order valence-corrected chi connectivity index (χ0v) is 10.1. The number of carbonyl (C=O) groups is 1. The van der Waals surface area contributed by atoms with Gasteiger partial charge in [0.05, 0.1) is 0 Å². The molecule has 1 aromatic rings. The quantitative estimate of drug-likeness (QED) is 0.520. The lowest BCUT2D eigenvalue weighted by Gasteiger charge is -2.41. The van der Waals surface area contributed by atoms with Gasteiger partial charge in [-0.3, -0.25) is 9.59 Å². The van der Waals surface area contributed by atoms with Crippen molar-refractivity contribution in [3.63, 3.8) is 0 Å². The van der Waals surface area contributed by atoms with Crippen LogP contribution in [0.4, 0.5) is 4.79 Å². The highest BCUT2D eigenvalue weighted by atomic mass is 35.5. The first-order valence-electron chi connectivity index (χ1n) is 5.79. The Morgan fingerprint density at radius 2 is 2.12 bits per heavy atom. The van der Waals surface area contributed by atoms with Crippen LogP contribution in [-0.4, -0.2) is 27.9 Å². The van der Waals surface area contributed by atoms with Gasteiger partial charge in [0.1, 0.15) is 0 Å². The van der Waals surface area contributed by atoms with E-state index < -0.39 is 0 Å². The molecule has 5 heteroatoms. The molecule has 0 aliphatic carbocycles. The third-order valence-corrected chi connectivity index (χ3v) is 3.97. The molecule has 1 saturated heterocycles. The molecule has 0 spiro atoms. The SMILES string of the molecule is O=C(Cl)N1C[C@@H]2C[C@H](C1)c1cccc(=O)n1C2. The third-order valence-electron chi connectivity index (χ3n) is 3.73. The zero-order chi connectivity index (χ0) is 12.0. The van der Waals surface area contributed by atoms with Crippen LogP contribution < -0.4 is 5.56 Å². The van der Waals surface area contributed by atoms with Crippen molar-refractivity contribution in [2.24, 2.45) is 5.92 Å². The number of hydrogen-bond donors (Lipinski definition) is 0. The van der Waals surface area contributed by atoms with Gasteiger partial charge in [-0.1, -0.05) is 6.07 Å². The summed E-state index contributed by atoms with van der Waals surface area (Å²) in [6, 6.07) is 5.36. The second kappa shape index (κ2) is 3.88. The Bertz CT molecular complexity index is 525. The summed E-state index contributed by atoms with van der Waals surface area (Å²) in [5.74, 6) is 0.600. The number of likely N-dealkylation sites (tertiary alicyclic amines) is 1. The van der Waals surface area contributed by atoms with E-state index >= 15 is 0 Å². The zero-order valence-electron chi connectivity index (χ0n) is 9.30. The molecule has 2 aliphatic rings. The first-order valence-corrected chi connectivity index (χ1v) is 6.17. The van der Waals surface area contributed by atoms with E-state index in [0.717, 1.165) is 12.1 Å². The Kier molecular flexibility index (Phi) is 2.47. The summed E-state index contributed by atoms with van der Waals surface area (Å²) >= 11 is 5.55. The normalized spacial score (nSPS) is 26.5. The van der Waals surface area contributed by atoms with Gasteiger partial charge in [-0.05, 0) is 30.0 Å². The Balaban J connectivity index is 2.01. The van der Waals surface area contributed by atoms with E-state index in [1.165, 1.54) is 0 Å². The second-order valence-electron chi connectivity index (χ2n) is 4.86. The van der Waals surface area contributed by atoms with Crippen molar-refractivity contribution in [2.75, 3.05) is 13.1 Å². The molecule has 1 amide bonds. The molecular weight excluding hydrogens is 240 g/mol. The minimum Gasteiger partial charge on any atom is -0.328 e. The Morgan fingerprint density at radius 1 is 1.29 bits per heavy atom. The fraction of sp³-hybridized carbons (Fsp3) is 0.500. The molecule has 90 valence electrons. The van der Waals surface area contributed by atoms with E-state index in [-0.39, 0.29) is 16.8 Å². The molecule has 0 radical (unpaired) electrons. The fourth-order valence-corrected chi connectivity index (χ4v) is 3.18. The number of pyridine rings is 1. The van der Waals surface area contributed by atoms with Gasteiger partial charge in [0, 0.05) is 37.3 Å². The van der Waals surface area contributed by atoms with Crippen molar-refractivity contribution in [1.82, 2.24) is 9.47 Å². The molecule has 3 rings (SSSR count). The summed E-state index contributed by atoms with van der Waals surface area (Å²) < 4.78 is 1.84. The fourth-order valence-electron chi connectivity index (χ4n) is 3.04. The molecule has 1 fully saturated rings. The summed E-state index contributed by atoms with van der Waals surface area (Å²) in [5.41, 5.74) is 1.10. The minimum atomic E-state index is -0.383.